The Bertz CT molecular complexity index is 666. The third-order valence-electron chi connectivity index (χ3n) is 4.75. The zero-order chi connectivity index (χ0) is 15.0. The van der Waals surface area contributed by atoms with E-state index in [0.29, 0.717) is 5.92 Å². The fraction of sp³-hybridized carbons (Fsp3) is 0.529. The first-order valence-electron chi connectivity index (χ1n) is 7.72. The normalized spacial score (nSPS) is 16.6. The van der Waals surface area contributed by atoms with Crippen LogP contribution in [0.15, 0.2) is 18.5 Å². The maximum Gasteiger partial charge on any atom is 0.219 e. The summed E-state index contributed by atoms with van der Waals surface area (Å²) < 4.78 is 2.27. The minimum absolute atomic E-state index is 0.202. The Morgan fingerprint density at radius 2 is 1.90 bits per heavy atom. The summed E-state index contributed by atoms with van der Waals surface area (Å²) in [7, 11) is 0. The van der Waals surface area contributed by atoms with Gasteiger partial charge in [0, 0.05) is 26.6 Å². The van der Waals surface area contributed by atoms with Crippen molar-refractivity contribution in [2.45, 2.75) is 40.2 Å². The SMILES string of the molecule is CC(=O)N1CCC(Cn2cnc3cc(C)c(C)cc32)CC1. The maximum atomic E-state index is 11.4. The van der Waals surface area contributed by atoms with Crippen LogP contribution in [0.25, 0.3) is 11.0 Å². The third kappa shape index (κ3) is 2.80. The molecule has 0 unspecified atom stereocenters. The average molecular weight is 285 g/mol. The predicted molar refractivity (Wildman–Crippen MR) is 84.2 cm³/mol. The lowest BCUT2D eigenvalue weighted by Gasteiger charge is -2.31. The zero-order valence-corrected chi connectivity index (χ0v) is 13.1. The summed E-state index contributed by atoms with van der Waals surface area (Å²) >= 11 is 0. The van der Waals surface area contributed by atoms with E-state index >= 15 is 0 Å². The fourth-order valence-electron chi connectivity index (χ4n) is 3.17. The van der Waals surface area contributed by atoms with Crippen molar-refractivity contribution in [1.29, 1.82) is 0 Å². The predicted octanol–water partition coefficient (Wildman–Crippen LogP) is 2.91. The lowest BCUT2D eigenvalue weighted by atomic mass is 9.96. The van der Waals surface area contributed by atoms with Crippen LogP contribution in [0.4, 0.5) is 0 Å². The van der Waals surface area contributed by atoms with Gasteiger partial charge in [-0.2, -0.15) is 0 Å². The van der Waals surface area contributed by atoms with Crippen LogP contribution >= 0.6 is 0 Å². The highest BCUT2D eigenvalue weighted by Crippen LogP contribution is 2.23. The highest BCUT2D eigenvalue weighted by molar-refractivity contribution is 5.77. The van der Waals surface area contributed by atoms with Crippen molar-refractivity contribution in [1.82, 2.24) is 14.5 Å². The Balaban J connectivity index is 1.74. The quantitative estimate of drug-likeness (QED) is 0.851. The molecule has 1 aliphatic rings. The second-order valence-corrected chi connectivity index (χ2v) is 6.27. The molecule has 21 heavy (non-hydrogen) atoms. The van der Waals surface area contributed by atoms with E-state index in [1.807, 2.05) is 11.2 Å². The number of piperidine rings is 1. The lowest BCUT2D eigenvalue weighted by molar-refractivity contribution is -0.130. The van der Waals surface area contributed by atoms with E-state index in [-0.39, 0.29) is 5.91 Å². The summed E-state index contributed by atoms with van der Waals surface area (Å²) in [5, 5.41) is 0. The zero-order valence-electron chi connectivity index (χ0n) is 13.1. The van der Waals surface area contributed by atoms with Crippen LogP contribution in [0.1, 0.15) is 30.9 Å². The molecule has 1 amide bonds. The van der Waals surface area contributed by atoms with Gasteiger partial charge in [-0.15, -0.1) is 0 Å². The monoisotopic (exact) mass is 285 g/mol. The average Bonchev–Trinajstić information content (AvgIpc) is 2.82. The molecule has 1 aliphatic heterocycles. The molecule has 0 N–H and O–H groups in total. The van der Waals surface area contributed by atoms with Gasteiger partial charge in [0.05, 0.1) is 17.4 Å². The fourth-order valence-corrected chi connectivity index (χ4v) is 3.17. The van der Waals surface area contributed by atoms with Crippen molar-refractivity contribution >= 4 is 16.9 Å². The smallest absolute Gasteiger partial charge is 0.219 e. The molecule has 1 fully saturated rings. The van der Waals surface area contributed by atoms with Gasteiger partial charge in [0.25, 0.3) is 0 Å². The van der Waals surface area contributed by atoms with Gasteiger partial charge in [-0.3, -0.25) is 4.79 Å². The summed E-state index contributed by atoms with van der Waals surface area (Å²) in [4.78, 5) is 17.9. The number of aryl methyl sites for hydroxylation is 2. The number of aromatic nitrogens is 2. The molecule has 0 aliphatic carbocycles. The molecule has 0 saturated carbocycles. The second-order valence-electron chi connectivity index (χ2n) is 6.27. The number of nitrogens with zero attached hydrogens (tertiary/aromatic N) is 3. The van der Waals surface area contributed by atoms with Crippen molar-refractivity contribution < 1.29 is 4.79 Å². The molecule has 1 aromatic heterocycles. The van der Waals surface area contributed by atoms with E-state index in [1.54, 1.807) is 6.92 Å². The van der Waals surface area contributed by atoms with Gasteiger partial charge in [-0.25, -0.2) is 4.98 Å². The number of carbonyl (C=O) groups excluding carboxylic acids is 1. The van der Waals surface area contributed by atoms with Crippen LogP contribution < -0.4 is 0 Å². The molecule has 4 nitrogen and oxygen atoms in total. The van der Waals surface area contributed by atoms with Gasteiger partial charge in [0.2, 0.25) is 5.91 Å². The Morgan fingerprint density at radius 3 is 2.57 bits per heavy atom. The van der Waals surface area contributed by atoms with Crippen molar-refractivity contribution in [2.24, 2.45) is 5.92 Å². The largest absolute Gasteiger partial charge is 0.343 e. The van der Waals surface area contributed by atoms with Crippen LogP contribution in [0.2, 0.25) is 0 Å². The van der Waals surface area contributed by atoms with Crippen molar-refractivity contribution in [3.05, 3.63) is 29.6 Å². The second kappa shape index (κ2) is 5.51. The van der Waals surface area contributed by atoms with Gasteiger partial charge < -0.3 is 9.47 Å². The lowest BCUT2D eigenvalue weighted by Crippen LogP contribution is -2.37. The molecular formula is C17H23N3O. The van der Waals surface area contributed by atoms with Crippen LogP contribution in [0.3, 0.4) is 0 Å². The first-order chi connectivity index (χ1) is 10.0. The number of likely N-dealkylation sites (tertiary alicyclic amines) is 1. The van der Waals surface area contributed by atoms with E-state index in [9.17, 15) is 4.79 Å². The Morgan fingerprint density at radius 1 is 1.24 bits per heavy atom. The van der Waals surface area contributed by atoms with E-state index in [2.05, 4.69) is 35.5 Å². The van der Waals surface area contributed by atoms with Gasteiger partial charge in [-0.1, -0.05) is 0 Å². The summed E-state index contributed by atoms with van der Waals surface area (Å²) in [5.74, 6) is 0.840. The molecule has 0 atom stereocenters. The van der Waals surface area contributed by atoms with E-state index in [0.717, 1.165) is 38.0 Å². The van der Waals surface area contributed by atoms with Crippen molar-refractivity contribution in [2.75, 3.05) is 13.1 Å². The molecule has 3 rings (SSSR count). The topological polar surface area (TPSA) is 38.1 Å². The molecule has 1 saturated heterocycles. The summed E-state index contributed by atoms with van der Waals surface area (Å²) in [6.07, 6.45) is 4.13. The minimum atomic E-state index is 0.202. The van der Waals surface area contributed by atoms with Crippen molar-refractivity contribution in [3.8, 4) is 0 Å². The molecule has 0 bridgehead atoms. The number of hydrogen-bond acceptors (Lipinski definition) is 2. The van der Waals surface area contributed by atoms with E-state index in [4.69, 9.17) is 0 Å². The van der Waals surface area contributed by atoms with Crippen LogP contribution in [0, 0.1) is 19.8 Å². The highest BCUT2D eigenvalue weighted by atomic mass is 16.2. The van der Waals surface area contributed by atoms with Crippen LogP contribution in [0.5, 0.6) is 0 Å². The van der Waals surface area contributed by atoms with Gasteiger partial charge >= 0.3 is 0 Å². The maximum absolute atomic E-state index is 11.4. The number of rotatable bonds is 2. The molecule has 0 radical (unpaired) electrons. The number of imidazole rings is 1. The van der Waals surface area contributed by atoms with Crippen molar-refractivity contribution in [3.63, 3.8) is 0 Å². The number of carbonyl (C=O) groups is 1. The van der Waals surface area contributed by atoms with Gasteiger partial charge in [-0.05, 0) is 55.9 Å². The number of amides is 1. The highest BCUT2D eigenvalue weighted by Gasteiger charge is 2.21. The molecule has 112 valence electrons. The molecule has 1 aromatic carbocycles. The standard InChI is InChI=1S/C17H23N3O/c1-12-8-16-17(9-13(12)2)20(11-18-16)10-15-4-6-19(7-5-15)14(3)21/h8-9,11,15H,4-7,10H2,1-3H3. The molecule has 2 heterocycles. The molecule has 2 aromatic rings. The number of hydrogen-bond donors (Lipinski definition) is 0. The molecular weight excluding hydrogens is 262 g/mol. The Kier molecular flexibility index (Phi) is 3.70. The first-order valence-corrected chi connectivity index (χ1v) is 7.72. The van der Waals surface area contributed by atoms with Crippen LogP contribution in [-0.4, -0.2) is 33.4 Å². The minimum Gasteiger partial charge on any atom is -0.343 e. The summed E-state index contributed by atoms with van der Waals surface area (Å²) in [6, 6.07) is 4.40. The summed E-state index contributed by atoms with van der Waals surface area (Å²) in [6.45, 7) is 8.73. The van der Waals surface area contributed by atoms with Gasteiger partial charge in [0.1, 0.15) is 0 Å². The number of benzene rings is 1. The van der Waals surface area contributed by atoms with E-state index < -0.39 is 0 Å². The third-order valence-corrected chi connectivity index (χ3v) is 4.75. The first kappa shape index (κ1) is 14.1. The van der Waals surface area contributed by atoms with E-state index in [1.165, 1.54) is 16.6 Å². The number of fused-ring (bicyclic) bond motifs is 1. The van der Waals surface area contributed by atoms with Crippen LogP contribution in [-0.2, 0) is 11.3 Å². The van der Waals surface area contributed by atoms with Gasteiger partial charge in [0.15, 0.2) is 0 Å². The Hall–Kier alpha value is -1.84. The molecule has 0 spiro atoms. The molecule has 4 heteroatoms. The summed E-state index contributed by atoms with van der Waals surface area (Å²) in [5.41, 5.74) is 4.92. The Labute approximate surface area is 125 Å².